The van der Waals surface area contributed by atoms with Gasteiger partial charge in [0.1, 0.15) is 11.6 Å². The maximum absolute atomic E-state index is 14.2. The second-order valence-electron chi connectivity index (χ2n) is 6.53. The van der Waals surface area contributed by atoms with E-state index in [0.29, 0.717) is 35.7 Å². The molecule has 4 rings (SSSR count). The van der Waals surface area contributed by atoms with Gasteiger partial charge in [-0.05, 0) is 36.1 Å². The second kappa shape index (κ2) is 8.55. The zero-order chi connectivity index (χ0) is 20.2. The lowest BCUT2D eigenvalue weighted by atomic mass is 10.1. The molecule has 0 aliphatic heterocycles. The summed E-state index contributed by atoms with van der Waals surface area (Å²) >= 11 is 1.57. The predicted molar refractivity (Wildman–Crippen MR) is 116 cm³/mol. The summed E-state index contributed by atoms with van der Waals surface area (Å²) in [7, 11) is 1.63. The Morgan fingerprint density at radius 3 is 2.83 bits per heavy atom. The molecule has 29 heavy (non-hydrogen) atoms. The zero-order valence-electron chi connectivity index (χ0n) is 15.9. The fraction of sp³-hybridized carbons (Fsp3) is 0.182. The van der Waals surface area contributed by atoms with Gasteiger partial charge in [0, 0.05) is 35.7 Å². The van der Waals surface area contributed by atoms with Crippen molar-refractivity contribution >= 4 is 49.7 Å². The molecule has 1 amide bonds. The molecule has 0 saturated heterocycles. The summed E-state index contributed by atoms with van der Waals surface area (Å²) in [6.07, 6.45) is 0.732. The molecule has 4 aromatic rings. The van der Waals surface area contributed by atoms with Crippen molar-refractivity contribution in [2.45, 2.75) is 6.42 Å². The van der Waals surface area contributed by atoms with Crippen molar-refractivity contribution in [3.05, 3.63) is 65.3 Å². The molecule has 2 N–H and O–H groups in total. The molecule has 0 aliphatic rings. The first kappa shape index (κ1) is 19.3. The highest BCUT2D eigenvalue weighted by Crippen LogP contribution is 2.36. The van der Waals surface area contributed by atoms with Crippen LogP contribution in [0.4, 0.5) is 15.9 Å². The zero-order valence-corrected chi connectivity index (χ0v) is 16.7. The molecule has 0 radical (unpaired) electrons. The summed E-state index contributed by atoms with van der Waals surface area (Å²) in [5.41, 5.74) is 1.42. The van der Waals surface area contributed by atoms with Gasteiger partial charge >= 0.3 is 0 Å². The molecule has 7 heteroatoms. The van der Waals surface area contributed by atoms with Crippen LogP contribution < -0.4 is 10.6 Å². The number of aromatic nitrogens is 1. The first-order valence-corrected chi connectivity index (χ1v) is 10.2. The van der Waals surface area contributed by atoms with E-state index in [1.54, 1.807) is 42.7 Å². The largest absolute Gasteiger partial charge is 0.385 e. The smallest absolute Gasteiger partial charge is 0.253 e. The third-order valence-electron chi connectivity index (χ3n) is 4.61. The number of carbonyl (C=O) groups is 1. The summed E-state index contributed by atoms with van der Waals surface area (Å²) in [6, 6.07) is 14.0. The van der Waals surface area contributed by atoms with E-state index in [1.165, 1.54) is 6.07 Å². The minimum absolute atomic E-state index is 0.188. The lowest BCUT2D eigenvalue weighted by molar-refractivity contribution is 0.0950. The van der Waals surface area contributed by atoms with E-state index in [2.05, 4.69) is 10.6 Å². The van der Waals surface area contributed by atoms with E-state index >= 15 is 0 Å². The monoisotopic (exact) mass is 409 g/mol. The topological polar surface area (TPSA) is 63.2 Å². The van der Waals surface area contributed by atoms with E-state index in [-0.39, 0.29) is 11.7 Å². The van der Waals surface area contributed by atoms with Crippen LogP contribution in [-0.2, 0) is 4.74 Å². The molecule has 0 unspecified atom stereocenters. The van der Waals surface area contributed by atoms with E-state index < -0.39 is 0 Å². The van der Waals surface area contributed by atoms with Gasteiger partial charge in [0.15, 0.2) is 0 Å². The van der Waals surface area contributed by atoms with Gasteiger partial charge in [-0.25, -0.2) is 9.37 Å². The molecule has 2 aromatic carbocycles. The van der Waals surface area contributed by atoms with E-state index in [9.17, 15) is 9.18 Å². The molecular formula is C22H20FN3O2S. The highest BCUT2D eigenvalue weighted by Gasteiger charge is 2.16. The number of nitrogens with zero attached hydrogens (tertiary/aromatic N) is 1. The first-order chi connectivity index (χ1) is 14.2. The van der Waals surface area contributed by atoms with Crippen LogP contribution in [0.3, 0.4) is 0 Å². The Balaban J connectivity index is 1.77. The van der Waals surface area contributed by atoms with E-state index in [0.717, 1.165) is 21.9 Å². The van der Waals surface area contributed by atoms with Gasteiger partial charge in [0.2, 0.25) is 0 Å². The Bertz CT molecular complexity index is 1180. The van der Waals surface area contributed by atoms with E-state index in [1.807, 2.05) is 23.6 Å². The van der Waals surface area contributed by atoms with Gasteiger partial charge < -0.3 is 15.4 Å². The van der Waals surface area contributed by atoms with Crippen molar-refractivity contribution in [2.24, 2.45) is 0 Å². The highest BCUT2D eigenvalue weighted by molar-refractivity contribution is 7.18. The van der Waals surface area contributed by atoms with Crippen LogP contribution in [0.25, 0.3) is 21.0 Å². The maximum Gasteiger partial charge on any atom is 0.253 e. The number of carbonyl (C=O) groups excluding carboxylic acids is 1. The van der Waals surface area contributed by atoms with Crippen molar-refractivity contribution in [2.75, 3.05) is 25.6 Å². The molecule has 2 heterocycles. The number of ether oxygens (including phenoxy) is 1. The number of benzene rings is 2. The molecule has 5 nitrogen and oxygen atoms in total. The number of methoxy groups -OCH3 is 1. The molecule has 2 aromatic heterocycles. The number of halogens is 1. The minimum atomic E-state index is -0.359. The second-order valence-corrected chi connectivity index (χ2v) is 7.45. The lowest BCUT2D eigenvalue weighted by Crippen LogP contribution is -2.25. The number of rotatable bonds is 7. The Labute approximate surface area is 171 Å². The molecule has 0 saturated carbocycles. The minimum Gasteiger partial charge on any atom is -0.385 e. The Morgan fingerprint density at radius 2 is 2.00 bits per heavy atom. The van der Waals surface area contributed by atoms with Crippen LogP contribution in [0.1, 0.15) is 16.8 Å². The number of nitrogens with one attached hydrogen (secondary N) is 2. The van der Waals surface area contributed by atoms with Crippen molar-refractivity contribution in [1.29, 1.82) is 0 Å². The van der Waals surface area contributed by atoms with Crippen LogP contribution >= 0.6 is 11.3 Å². The Morgan fingerprint density at radius 1 is 1.14 bits per heavy atom. The third-order valence-corrected chi connectivity index (χ3v) is 5.55. The fourth-order valence-corrected chi connectivity index (χ4v) is 4.13. The molecule has 148 valence electrons. The summed E-state index contributed by atoms with van der Waals surface area (Å²) in [5, 5.41) is 9.76. The predicted octanol–water partition coefficient (Wildman–Crippen LogP) is 5.10. The molecule has 0 fully saturated rings. The number of thiophene rings is 1. The van der Waals surface area contributed by atoms with Gasteiger partial charge in [0.05, 0.1) is 16.8 Å². The van der Waals surface area contributed by atoms with Crippen LogP contribution in [0.5, 0.6) is 0 Å². The van der Waals surface area contributed by atoms with E-state index in [4.69, 9.17) is 9.72 Å². The average Bonchev–Trinajstić information content (AvgIpc) is 3.23. The summed E-state index contributed by atoms with van der Waals surface area (Å²) in [5.74, 6) is -0.0209. The molecule has 0 spiro atoms. The summed E-state index contributed by atoms with van der Waals surface area (Å²) in [6.45, 7) is 1.10. The number of hydrogen-bond donors (Lipinski definition) is 2. The van der Waals surface area contributed by atoms with Gasteiger partial charge in [0.25, 0.3) is 5.91 Å². The third kappa shape index (κ3) is 3.92. The van der Waals surface area contributed by atoms with Gasteiger partial charge in [-0.1, -0.05) is 24.3 Å². The van der Waals surface area contributed by atoms with Crippen LogP contribution in [-0.4, -0.2) is 31.2 Å². The standard InChI is InChI=1S/C22H20FN3O2S/c1-28-12-5-11-24-22(27)15-7-4-6-14-19(15)26-21(16-10-13-29-20(14)16)25-18-9-3-2-8-17(18)23/h2-4,6-10,13H,5,11-12H2,1H3,(H,24,27)(H,25,26). The van der Waals surface area contributed by atoms with Crippen LogP contribution in [0.2, 0.25) is 0 Å². The number of anilines is 2. The van der Waals surface area contributed by atoms with Gasteiger partial charge in [-0.15, -0.1) is 11.3 Å². The number of pyridine rings is 1. The molecule has 0 atom stereocenters. The average molecular weight is 409 g/mol. The normalized spacial score (nSPS) is 11.1. The number of amides is 1. The van der Waals surface area contributed by atoms with Crippen molar-refractivity contribution < 1.29 is 13.9 Å². The fourth-order valence-electron chi connectivity index (χ4n) is 3.21. The van der Waals surface area contributed by atoms with Crippen molar-refractivity contribution in [3.8, 4) is 0 Å². The number of fused-ring (bicyclic) bond motifs is 3. The quantitative estimate of drug-likeness (QED) is 0.417. The summed E-state index contributed by atoms with van der Waals surface area (Å²) < 4.78 is 20.2. The van der Waals surface area contributed by atoms with Crippen molar-refractivity contribution in [1.82, 2.24) is 10.3 Å². The highest BCUT2D eigenvalue weighted by atomic mass is 32.1. The Kier molecular flexibility index (Phi) is 5.69. The molecule has 0 aliphatic carbocycles. The lowest BCUT2D eigenvalue weighted by Gasteiger charge is -2.12. The Hall–Kier alpha value is -3.03. The SMILES string of the molecule is COCCCNC(=O)c1cccc2c1nc(Nc1ccccc1F)c1ccsc12. The number of hydrogen-bond acceptors (Lipinski definition) is 5. The van der Waals surface area contributed by atoms with Gasteiger partial charge in [-0.2, -0.15) is 0 Å². The molecule has 0 bridgehead atoms. The summed E-state index contributed by atoms with van der Waals surface area (Å²) in [4.78, 5) is 17.5. The van der Waals surface area contributed by atoms with Crippen molar-refractivity contribution in [3.63, 3.8) is 0 Å². The van der Waals surface area contributed by atoms with Crippen LogP contribution in [0, 0.1) is 5.82 Å². The number of para-hydroxylation sites is 2. The van der Waals surface area contributed by atoms with Gasteiger partial charge in [-0.3, -0.25) is 4.79 Å². The molecular weight excluding hydrogens is 389 g/mol. The van der Waals surface area contributed by atoms with Crippen LogP contribution in [0.15, 0.2) is 53.9 Å². The maximum atomic E-state index is 14.2. The first-order valence-electron chi connectivity index (χ1n) is 9.27.